The van der Waals surface area contributed by atoms with Crippen LogP contribution in [0.3, 0.4) is 0 Å². The number of nitro groups is 1. The molecule has 0 bridgehead atoms. The minimum atomic E-state index is -0.699. The molecule has 0 heterocycles. The van der Waals surface area contributed by atoms with E-state index in [1.807, 2.05) is 0 Å². The van der Waals surface area contributed by atoms with Gasteiger partial charge in [-0.05, 0) is 15.9 Å². The third-order valence-corrected chi connectivity index (χ3v) is 2.15. The lowest BCUT2D eigenvalue weighted by Crippen LogP contribution is -2.08. The maximum atomic E-state index is 13.1. The average molecular weight is 277 g/mol. The van der Waals surface area contributed by atoms with Gasteiger partial charge in [-0.15, -0.1) is 0 Å². The van der Waals surface area contributed by atoms with Crippen LogP contribution in [0, 0.1) is 15.9 Å². The number of nitrogens with one attached hydrogen (secondary N) is 1. The van der Waals surface area contributed by atoms with Crippen LogP contribution in [0.4, 0.5) is 15.8 Å². The van der Waals surface area contributed by atoms with Gasteiger partial charge in [-0.1, -0.05) is 0 Å². The fourth-order valence-corrected chi connectivity index (χ4v) is 1.31. The van der Waals surface area contributed by atoms with Gasteiger partial charge < -0.3 is 5.32 Å². The van der Waals surface area contributed by atoms with Crippen molar-refractivity contribution in [1.82, 2.24) is 0 Å². The molecule has 7 heteroatoms. The Morgan fingerprint density at radius 1 is 1.60 bits per heavy atom. The molecule has 0 saturated carbocycles. The Labute approximate surface area is 92.6 Å². The monoisotopic (exact) mass is 276 g/mol. The Hall–Kier alpha value is -1.50. The van der Waals surface area contributed by atoms with Gasteiger partial charge >= 0.3 is 0 Å². The van der Waals surface area contributed by atoms with E-state index in [-0.39, 0.29) is 15.8 Å². The summed E-state index contributed by atoms with van der Waals surface area (Å²) in [7, 11) is 0. The number of benzene rings is 1. The van der Waals surface area contributed by atoms with E-state index in [1.54, 1.807) is 0 Å². The van der Waals surface area contributed by atoms with Crippen molar-refractivity contribution in [2.24, 2.45) is 0 Å². The molecule has 0 aliphatic heterocycles. The number of anilines is 1. The van der Waals surface area contributed by atoms with E-state index in [9.17, 15) is 19.3 Å². The largest absolute Gasteiger partial charge is 0.321 e. The highest BCUT2D eigenvalue weighted by Gasteiger charge is 2.18. The summed E-state index contributed by atoms with van der Waals surface area (Å²) >= 11 is 2.82. The van der Waals surface area contributed by atoms with Crippen LogP contribution < -0.4 is 5.32 Å². The van der Waals surface area contributed by atoms with E-state index in [0.717, 1.165) is 12.1 Å². The van der Waals surface area contributed by atoms with Crippen molar-refractivity contribution in [3.8, 4) is 0 Å². The summed E-state index contributed by atoms with van der Waals surface area (Å²) in [4.78, 5) is 20.6. The third-order valence-electron chi connectivity index (χ3n) is 1.55. The van der Waals surface area contributed by atoms with Crippen molar-refractivity contribution in [2.45, 2.75) is 6.92 Å². The van der Waals surface area contributed by atoms with E-state index >= 15 is 0 Å². The van der Waals surface area contributed by atoms with Crippen molar-refractivity contribution in [1.29, 1.82) is 0 Å². The molecule has 1 rings (SSSR count). The Morgan fingerprint density at radius 2 is 2.20 bits per heavy atom. The zero-order chi connectivity index (χ0) is 11.6. The number of amides is 1. The average Bonchev–Trinajstić information content (AvgIpc) is 2.09. The van der Waals surface area contributed by atoms with Gasteiger partial charge in [-0.2, -0.15) is 0 Å². The number of nitro benzene ring substituents is 1. The molecule has 80 valence electrons. The normalized spacial score (nSPS) is 9.80. The van der Waals surface area contributed by atoms with Crippen molar-refractivity contribution >= 4 is 33.2 Å². The predicted octanol–water partition coefficient (Wildman–Crippen LogP) is 2.45. The van der Waals surface area contributed by atoms with Crippen LogP contribution in [0.1, 0.15) is 6.92 Å². The molecular formula is C8H6BrFN2O3. The van der Waals surface area contributed by atoms with E-state index in [0.29, 0.717) is 0 Å². The fourth-order valence-electron chi connectivity index (χ4n) is 0.977. The Morgan fingerprint density at radius 3 is 2.67 bits per heavy atom. The molecular weight excluding hydrogens is 271 g/mol. The first-order chi connectivity index (χ1) is 6.91. The van der Waals surface area contributed by atoms with Crippen molar-refractivity contribution in [2.75, 3.05) is 5.32 Å². The lowest BCUT2D eigenvalue weighted by molar-refractivity contribution is -0.384. The Balaban J connectivity index is 3.28. The second-order valence-corrected chi connectivity index (χ2v) is 3.58. The zero-order valence-electron chi connectivity index (χ0n) is 7.58. The van der Waals surface area contributed by atoms with Crippen LogP contribution in [0.5, 0.6) is 0 Å². The van der Waals surface area contributed by atoms with E-state index in [4.69, 9.17) is 0 Å². The molecule has 0 spiro atoms. The summed E-state index contributed by atoms with van der Waals surface area (Å²) in [6.45, 7) is 1.18. The first-order valence-electron chi connectivity index (χ1n) is 3.83. The maximum Gasteiger partial charge on any atom is 0.294 e. The molecule has 1 amide bonds. The van der Waals surface area contributed by atoms with Crippen LogP contribution in [-0.4, -0.2) is 10.8 Å². The lowest BCUT2D eigenvalue weighted by atomic mass is 10.2. The van der Waals surface area contributed by atoms with Gasteiger partial charge in [0.2, 0.25) is 5.91 Å². The van der Waals surface area contributed by atoms with Crippen LogP contribution in [-0.2, 0) is 4.79 Å². The number of hydrogen-bond acceptors (Lipinski definition) is 3. The van der Waals surface area contributed by atoms with E-state index in [2.05, 4.69) is 21.2 Å². The second kappa shape index (κ2) is 4.35. The molecule has 0 radical (unpaired) electrons. The van der Waals surface area contributed by atoms with Gasteiger partial charge in [-0.3, -0.25) is 14.9 Å². The van der Waals surface area contributed by atoms with Gasteiger partial charge in [0.25, 0.3) is 5.69 Å². The molecule has 0 saturated heterocycles. The van der Waals surface area contributed by atoms with Crippen LogP contribution in [0.2, 0.25) is 0 Å². The number of hydrogen-bond donors (Lipinski definition) is 1. The molecule has 1 N–H and O–H groups in total. The standard InChI is InChI=1S/C8H6BrFN2O3/c1-4(13)11-7-3-6(10)5(9)2-8(7)12(14)15/h2-3H,1H3,(H,11,13). The SMILES string of the molecule is CC(=O)Nc1cc(F)c(Br)cc1[N+](=O)[O-]. The molecule has 15 heavy (non-hydrogen) atoms. The highest BCUT2D eigenvalue weighted by atomic mass is 79.9. The number of halogens is 2. The Kier molecular flexibility index (Phi) is 3.35. The van der Waals surface area contributed by atoms with Gasteiger partial charge in [0.05, 0.1) is 9.40 Å². The number of carbonyl (C=O) groups is 1. The molecule has 1 aromatic carbocycles. The molecule has 0 fully saturated rings. The fraction of sp³-hybridized carbons (Fsp3) is 0.125. The number of nitrogens with zero attached hydrogens (tertiary/aromatic N) is 1. The van der Waals surface area contributed by atoms with E-state index < -0.39 is 16.6 Å². The number of carbonyl (C=O) groups excluding carboxylic acids is 1. The third kappa shape index (κ3) is 2.72. The van der Waals surface area contributed by atoms with Crippen molar-refractivity contribution in [3.05, 3.63) is 32.5 Å². The summed E-state index contributed by atoms with van der Waals surface area (Å²) in [5.41, 5.74) is -0.522. The molecule has 5 nitrogen and oxygen atoms in total. The van der Waals surface area contributed by atoms with Gasteiger partial charge in [0, 0.05) is 19.1 Å². The zero-order valence-corrected chi connectivity index (χ0v) is 9.17. The van der Waals surface area contributed by atoms with Crippen molar-refractivity contribution < 1.29 is 14.1 Å². The quantitative estimate of drug-likeness (QED) is 0.666. The minimum absolute atomic E-state index is 0.0247. The summed E-state index contributed by atoms with van der Waals surface area (Å²) in [5, 5.41) is 12.8. The van der Waals surface area contributed by atoms with Gasteiger partial charge in [-0.25, -0.2) is 4.39 Å². The highest BCUT2D eigenvalue weighted by Crippen LogP contribution is 2.30. The topological polar surface area (TPSA) is 72.2 Å². The van der Waals surface area contributed by atoms with E-state index in [1.165, 1.54) is 6.92 Å². The second-order valence-electron chi connectivity index (χ2n) is 2.72. The molecule has 0 atom stereocenters. The number of rotatable bonds is 2. The first kappa shape index (κ1) is 11.6. The molecule has 0 aromatic heterocycles. The summed E-state index contributed by atoms with van der Waals surface area (Å²) in [6, 6.07) is 1.89. The van der Waals surface area contributed by atoms with Gasteiger partial charge in [0.1, 0.15) is 11.5 Å². The van der Waals surface area contributed by atoms with Crippen LogP contribution in [0.15, 0.2) is 16.6 Å². The van der Waals surface area contributed by atoms with Crippen LogP contribution >= 0.6 is 15.9 Å². The predicted molar refractivity (Wildman–Crippen MR) is 55.1 cm³/mol. The minimum Gasteiger partial charge on any atom is -0.321 e. The molecule has 1 aromatic rings. The van der Waals surface area contributed by atoms with Gasteiger partial charge in [0.15, 0.2) is 0 Å². The molecule has 0 unspecified atom stereocenters. The molecule has 0 aliphatic carbocycles. The van der Waals surface area contributed by atoms with Crippen LogP contribution in [0.25, 0.3) is 0 Å². The lowest BCUT2D eigenvalue weighted by Gasteiger charge is -2.04. The first-order valence-corrected chi connectivity index (χ1v) is 4.62. The van der Waals surface area contributed by atoms with Crippen molar-refractivity contribution in [3.63, 3.8) is 0 Å². The Bertz CT molecular complexity index is 436. The summed E-state index contributed by atoms with van der Waals surface area (Å²) < 4.78 is 13.0. The smallest absolute Gasteiger partial charge is 0.294 e. The summed E-state index contributed by atoms with van der Waals surface area (Å²) in [5.74, 6) is -1.18. The highest BCUT2D eigenvalue weighted by molar-refractivity contribution is 9.10. The summed E-state index contributed by atoms with van der Waals surface area (Å²) in [6.07, 6.45) is 0. The molecule has 0 aliphatic rings. The maximum absolute atomic E-state index is 13.1.